The fourth-order valence-electron chi connectivity index (χ4n) is 1.79. The number of aromatic nitrogens is 1. The van der Waals surface area contributed by atoms with Crippen LogP contribution in [0.25, 0.3) is 0 Å². The summed E-state index contributed by atoms with van der Waals surface area (Å²) in [5.74, 6) is 0.0286. The lowest BCUT2D eigenvalue weighted by molar-refractivity contribution is 0.0527. The third-order valence-corrected chi connectivity index (χ3v) is 3.13. The Morgan fingerprint density at radius 3 is 2.90 bits per heavy atom. The Hall–Kier alpha value is -2.27. The molecule has 0 saturated heterocycles. The molecule has 2 rings (SSSR count). The van der Waals surface area contributed by atoms with Gasteiger partial charge in [0.15, 0.2) is 0 Å². The molecule has 0 amide bonds. The van der Waals surface area contributed by atoms with E-state index in [0.717, 1.165) is 11.3 Å². The van der Waals surface area contributed by atoms with E-state index in [0.29, 0.717) is 10.8 Å². The van der Waals surface area contributed by atoms with Crippen molar-refractivity contribution >= 4 is 34.8 Å². The van der Waals surface area contributed by atoms with Crippen LogP contribution in [0.3, 0.4) is 0 Å². The molecule has 2 aromatic rings. The van der Waals surface area contributed by atoms with Crippen molar-refractivity contribution in [2.24, 2.45) is 0 Å². The summed E-state index contributed by atoms with van der Waals surface area (Å²) in [6.45, 7) is 3.97. The van der Waals surface area contributed by atoms with E-state index in [9.17, 15) is 4.79 Å². The van der Waals surface area contributed by atoms with Gasteiger partial charge in [0, 0.05) is 10.7 Å². The lowest BCUT2D eigenvalue weighted by Crippen LogP contribution is -2.09. The molecule has 0 aliphatic carbocycles. The van der Waals surface area contributed by atoms with Gasteiger partial charge in [-0.2, -0.15) is 0 Å². The number of aryl methyl sites for hydroxylation is 1. The molecular weight excluding hydrogens is 290 g/mol. The number of hydrogen-bond acceptors (Lipinski definition) is 5. The van der Waals surface area contributed by atoms with Crippen molar-refractivity contribution in [3.8, 4) is 0 Å². The van der Waals surface area contributed by atoms with E-state index in [4.69, 9.17) is 22.1 Å². The number of hydrogen-bond donors (Lipinski definition) is 2. The van der Waals surface area contributed by atoms with Crippen molar-refractivity contribution in [1.82, 2.24) is 4.98 Å². The second-order valence-electron chi connectivity index (χ2n) is 4.46. The van der Waals surface area contributed by atoms with Crippen LogP contribution in [0.15, 0.2) is 30.5 Å². The van der Waals surface area contributed by atoms with Gasteiger partial charge in [-0.15, -0.1) is 0 Å². The standard InChI is InChI=1S/C15H16ClN3O2/c1-3-21-15(20)11-7-14(18-8-12(11)17)19-13-6-10(16)5-4-9(13)2/h4-8H,3,17H2,1-2H3,(H,18,19). The van der Waals surface area contributed by atoms with Crippen molar-refractivity contribution in [1.29, 1.82) is 0 Å². The Bertz CT molecular complexity index is 674. The first-order valence-corrected chi connectivity index (χ1v) is 6.85. The van der Waals surface area contributed by atoms with Crippen LogP contribution in [0.1, 0.15) is 22.8 Å². The molecule has 0 aliphatic rings. The van der Waals surface area contributed by atoms with Gasteiger partial charge in [-0.3, -0.25) is 0 Å². The Labute approximate surface area is 128 Å². The molecule has 1 heterocycles. The number of ether oxygens (including phenoxy) is 1. The van der Waals surface area contributed by atoms with Crippen LogP contribution >= 0.6 is 11.6 Å². The average Bonchev–Trinajstić information content (AvgIpc) is 2.45. The van der Waals surface area contributed by atoms with Crippen molar-refractivity contribution < 1.29 is 9.53 Å². The Morgan fingerprint density at radius 2 is 2.19 bits per heavy atom. The van der Waals surface area contributed by atoms with E-state index in [1.165, 1.54) is 6.20 Å². The third-order valence-electron chi connectivity index (χ3n) is 2.89. The molecule has 5 nitrogen and oxygen atoms in total. The molecule has 1 aromatic carbocycles. The van der Waals surface area contributed by atoms with E-state index < -0.39 is 5.97 Å². The Kier molecular flexibility index (Phi) is 4.65. The molecule has 0 aliphatic heterocycles. The molecule has 110 valence electrons. The summed E-state index contributed by atoms with van der Waals surface area (Å²) in [5, 5.41) is 3.73. The van der Waals surface area contributed by atoms with Crippen molar-refractivity contribution in [2.45, 2.75) is 13.8 Å². The number of esters is 1. The summed E-state index contributed by atoms with van der Waals surface area (Å²) in [6, 6.07) is 7.06. The van der Waals surface area contributed by atoms with Crippen molar-refractivity contribution in [3.05, 3.63) is 46.6 Å². The summed E-state index contributed by atoms with van der Waals surface area (Å²) in [6.07, 6.45) is 1.43. The molecule has 0 fully saturated rings. The summed E-state index contributed by atoms with van der Waals surface area (Å²) in [5.41, 5.74) is 8.15. The van der Waals surface area contributed by atoms with Gasteiger partial charge in [-0.25, -0.2) is 9.78 Å². The summed E-state index contributed by atoms with van der Waals surface area (Å²) in [7, 11) is 0. The Balaban J connectivity index is 2.31. The molecule has 0 radical (unpaired) electrons. The molecular formula is C15H16ClN3O2. The first-order valence-electron chi connectivity index (χ1n) is 6.47. The van der Waals surface area contributed by atoms with Crippen LogP contribution < -0.4 is 11.1 Å². The highest BCUT2D eigenvalue weighted by atomic mass is 35.5. The van der Waals surface area contributed by atoms with E-state index in [-0.39, 0.29) is 17.9 Å². The smallest absolute Gasteiger partial charge is 0.340 e. The fraction of sp³-hybridized carbons (Fsp3) is 0.200. The summed E-state index contributed by atoms with van der Waals surface area (Å²) in [4.78, 5) is 16.0. The lowest BCUT2D eigenvalue weighted by atomic mass is 10.2. The number of anilines is 3. The van der Waals surface area contributed by atoms with Crippen molar-refractivity contribution in [2.75, 3.05) is 17.7 Å². The maximum atomic E-state index is 11.8. The zero-order chi connectivity index (χ0) is 15.4. The first-order chi connectivity index (χ1) is 10.0. The first kappa shape index (κ1) is 15.1. The molecule has 0 atom stereocenters. The largest absolute Gasteiger partial charge is 0.462 e. The van der Waals surface area contributed by atoms with Gasteiger partial charge in [0.25, 0.3) is 0 Å². The van der Waals surface area contributed by atoms with Gasteiger partial charge in [0.05, 0.1) is 24.1 Å². The van der Waals surface area contributed by atoms with E-state index in [1.807, 2.05) is 19.1 Å². The van der Waals surface area contributed by atoms with Crippen LogP contribution in [-0.4, -0.2) is 17.6 Å². The highest BCUT2D eigenvalue weighted by Gasteiger charge is 2.13. The van der Waals surface area contributed by atoms with Crippen molar-refractivity contribution in [3.63, 3.8) is 0 Å². The number of carbonyl (C=O) groups is 1. The zero-order valence-corrected chi connectivity index (χ0v) is 12.6. The molecule has 0 saturated carbocycles. The minimum absolute atomic E-state index is 0.279. The second kappa shape index (κ2) is 6.45. The minimum Gasteiger partial charge on any atom is -0.462 e. The van der Waals surface area contributed by atoms with Crippen LogP contribution in [0.4, 0.5) is 17.2 Å². The van der Waals surface area contributed by atoms with Gasteiger partial charge in [-0.1, -0.05) is 17.7 Å². The molecule has 3 N–H and O–H groups in total. The van der Waals surface area contributed by atoms with E-state index in [2.05, 4.69) is 10.3 Å². The van der Waals surface area contributed by atoms with Crippen LogP contribution in [-0.2, 0) is 4.74 Å². The fourth-order valence-corrected chi connectivity index (χ4v) is 1.96. The van der Waals surface area contributed by atoms with Gasteiger partial charge in [-0.05, 0) is 37.6 Å². The number of nitrogens with one attached hydrogen (secondary N) is 1. The summed E-state index contributed by atoms with van der Waals surface area (Å²) >= 11 is 5.98. The number of pyridine rings is 1. The number of nitrogens with zero attached hydrogens (tertiary/aromatic N) is 1. The maximum Gasteiger partial charge on any atom is 0.340 e. The van der Waals surface area contributed by atoms with Gasteiger partial charge in [0.2, 0.25) is 0 Å². The topological polar surface area (TPSA) is 77.2 Å². The number of rotatable bonds is 4. The molecule has 0 spiro atoms. The number of benzene rings is 1. The number of nitrogens with two attached hydrogens (primary N) is 1. The maximum absolute atomic E-state index is 11.8. The van der Waals surface area contributed by atoms with E-state index in [1.54, 1.807) is 19.1 Å². The van der Waals surface area contributed by atoms with Gasteiger partial charge < -0.3 is 15.8 Å². The van der Waals surface area contributed by atoms with E-state index >= 15 is 0 Å². The minimum atomic E-state index is -0.469. The summed E-state index contributed by atoms with van der Waals surface area (Å²) < 4.78 is 4.96. The average molecular weight is 306 g/mol. The van der Waals surface area contributed by atoms with Crippen LogP contribution in [0, 0.1) is 6.92 Å². The molecule has 21 heavy (non-hydrogen) atoms. The Morgan fingerprint density at radius 1 is 1.43 bits per heavy atom. The highest BCUT2D eigenvalue weighted by Crippen LogP contribution is 2.25. The SMILES string of the molecule is CCOC(=O)c1cc(Nc2cc(Cl)ccc2C)ncc1N. The lowest BCUT2D eigenvalue weighted by Gasteiger charge is -2.11. The molecule has 0 bridgehead atoms. The molecule has 0 unspecified atom stereocenters. The zero-order valence-electron chi connectivity index (χ0n) is 11.8. The third kappa shape index (κ3) is 3.64. The molecule has 6 heteroatoms. The predicted molar refractivity (Wildman–Crippen MR) is 84.1 cm³/mol. The normalized spacial score (nSPS) is 10.2. The highest BCUT2D eigenvalue weighted by molar-refractivity contribution is 6.30. The predicted octanol–water partition coefficient (Wildman–Crippen LogP) is 3.55. The van der Waals surface area contributed by atoms with Crippen LogP contribution in [0.2, 0.25) is 5.02 Å². The number of nitrogen functional groups attached to an aromatic ring is 1. The van der Waals surface area contributed by atoms with Crippen LogP contribution in [0.5, 0.6) is 0 Å². The number of carbonyl (C=O) groups excluding carboxylic acids is 1. The molecule has 1 aromatic heterocycles. The quantitative estimate of drug-likeness (QED) is 0.845. The van der Waals surface area contributed by atoms with Gasteiger partial charge >= 0.3 is 5.97 Å². The van der Waals surface area contributed by atoms with Gasteiger partial charge in [0.1, 0.15) is 5.82 Å². The monoisotopic (exact) mass is 305 g/mol. The number of halogens is 1. The second-order valence-corrected chi connectivity index (χ2v) is 4.90.